The molecule has 0 saturated carbocycles. The molecule has 6 nitrogen and oxygen atoms in total. The number of Topliss-reactive ketones (excluding diaryl/α,β-unsaturated/α-hetero) is 1. The van der Waals surface area contributed by atoms with Crippen molar-refractivity contribution in [3.05, 3.63) is 97.6 Å². The van der Waals surface area contributed by atoms with Gasteiger partial charge in [-0.05, 0) is 50.2 Å². The number of aromatic nitrogens is 1. The summed E-state index contributed by atoms with van der Waals surface area (Å²) in [7, 11) is 0. The number of halogens is 2. The fraction of sp³-hybridized carbons (Fsp3) is 0.125. The summed E-state index contributed by atoms with van der Waals surface area (Å²) < 4.78 is 12.1. The summed E-state index contributed by atoms with van der Waals surface area (Å²) >= 11 is 12.1. The lowest BCUT2D eigenvalue weighted by Crippen LogP contribution is -2.20. The SMILES string of the molecule is Cc1cc(C(=O)COC(=O)c2cc3ccccc3oc2=O)c(C)n1-c1ccc(Cl)c(Cl)c1. The zero-order valence-electron chi connectivity index (χ0n) is 17.1. The molecule has 0 aliphatic rings. The van der Waals surface area contributed by atoms with E-state index in [9.17, 15) is 14.4 Å². The van der Waals surface area contributed by atoms with Gasteiger partial charge in [-0.1, -0.05) is 41.4 Å². The number of hydrogen-bond donors (Lipinski definition) is 0. The molecular weight excluding hydrogens is 453 g/mol. The van der Waals surface area contributed by atoms with E-state index in [0.717, 1.165) is 11.4 Å². The van der Waals surface area contributed by atoms with Gasteiger partial charge in [0.1, 0.15) is 11.1 Å². The molecule has 4 rings (SSSR count). The molecule has 8 heteroatoms. The summed E-state index contributed by atoms with van der Waals surface area (Å²) in [5.41, 5.74) is 1.88. The second kappa shape index (κ2) is 8.65. The molecule has 32 heavy (non-hydrogen) atoms. The highest BCUT2D eigenvalue weighted by molar-refractivity contribution is 6.42. The molecule has 0 radical (unpaired) electrons. The Kier molecular flexibility index (Phi) is 5.91. The molecule has 0 bridgehead atoms. The molecule has 0 aliphatic carbocycles. The smallest absolute Gasteiger partial charge is 0.351 e. The van der Waals surface area contributed by atoms with Crippen LogP contribution < -0.4 is 5.63 Å². The number of ketones is 1. The summed E-state index contributed by atoms with van der Waals surface area (Å²) in [4.78, 5) is 37.3. The predicted octanol–water partition coefficient (Wildman–Crippen LogP) is 5.55. The number of rotatable bonds is 5. The summed E-state index contributed by atoms with van der Waals surface area (Å²) in [5, 5.41) is 1.41. The van der Waals surface area contributed by atoms with E-state index in [2.05, 4.69) is 0 Å². The van der Waals surface area contributed by atoms with Crippen molar-refractivity contribution in [1.82, 2.24) is 4.57 Å². The Morgan fingerprint density at radius 3 is 2.47 bits per heavy atom. The Bertz CT molecular complexity index is 1430. The Labute approximate surface area is 192 Å². The van der Waals surface area contributed by atoms with Gasteiger partial charge in [-0.25, -0.2) is 9.59 Å². The number of fused-ring (bicyclic) bond motifs is 1. The van der Waals surface area contributed by atoms with Crippen molar-refractivity contribution in [1.29, 1.82) is 0 Å². The summed E-state index contributed by atoms with van der Waals surface area (Å²) in [6.07, 6.45) is 0. The minimum atomic E-state index is -0.920. The minimum Gasteiger partial charge on any atom is -0.453 e. The second-order valence-electron chi connectivity index (χ2n) is 7.20. The van der Waals surface area contributed by atoms with Crippen molar-refractivity contribution >= 4 is 45.9 Å². The topological polar surface area (TPSA) is 78.5 Å². The van der Waals surface area contributed by atoms with Gasteiger partial charge in [-0.3, -0.25) is 4.79 Å². The summed E-state index contributed by atoms with van der Waals surface area (Å²) in [6, 6.07) is 15.1. The Hall–Kier alpha value is -3.35. The fourth-order valence-electron chi connectivity index (χ4n) is 3.56. The lowest BCUT2D eigenvalue weighted by molar-refractivity contribution is 0.0470. The van der Waals surface area contributed by atoms with Crippen LogP contribution >= 0.6 is 23.2 Å². The monoisotopic (exact) mass is 469 g/mol. The third kappa shape index (κ3) is 4.07. The van der Waals surface area contributed by atoms with E-state index in [1.54, 1.807) is 55.5 Å². The van der Waals surface area contributed by atoms with E-state index in [4.69, 9.17) is 32.4 Å². The second-order valence-corrected chi connectivity index (χ2v) is 8.02. The van der Waals surface area contributed by atoms with E-state index >= 15 is 0 Å². The van der Waals surface area contributed by atoms with Gasteiger partial charge in [0, 0.05) is 28.0 Å². The van der Waals surface area contributed by atoms with E-state index < -0.39 is 24.0 Å². The van der Waals surface area contributed by atoms with Crippen molar-refractivity contribution in [2.45, 2.75) is 13.8 Å². The van der Waals surface area contributed by atoms with Crippen LogP contribution in [0.1, 0.15) is 32.1 Å². The van der Waals surface area contributed by atoms with E-state index in [1.165, 1.54) is 6.07 Å². The highest BCUT2D eigenvalue weighted by Crippen LogP contribution is 2.28. The van der Waals surface area contributed by atoms with Gasteiger partial charge in [-0.2, -0.15) is 0 Å². The number of para-hydroxylation sites is 1. The lowest BCUT2D eigenvalue weighted by atomic mass is 10.1. The van der Waals surface area contributed by atoms with Crippen LogP contribution in [0.3, 0.4) is 0 Å². The van der Waals surface area contributed by atoms with Gasteiger partial charge in [0.2, 0.25) is 5.78 Å². The normalized spacial score (nSPS) is 11.0. The molecule has 0 aliphatic heterocycles. The van der Waals surface area contributed by atoms with Gasteiger partial charge < -0.3 is 13.7 Å². The van der Waals surface area contributed by atoms with Crippen LogP contribution in [-0.2, 0) is 4.74 Å². The molecule has 2 aromatic heterocycles. The van der Waals surface area contributed by atoms with Gasteiger partial charge >= 0.3 is 11.6 Å². The Morgan fingerprint density at radius 2 is 1.72 bits per heavy atom. The third-order valence-corrected chi connectivity index (χ3v) is 5.83. The number of carbonyl (C=O) groups is 2. The zero-order valence-corrected chi connectivity index (χ0v) is 18.7. The van der Waals surface area contributed by atoms with Gasteiger partial charge in [0.25, 0.3) is 0 Å². The number of carbonyl (C=O) groups excluding carboxylic acids is 2. The summed E-state index contributed by atoms with van der Waals surface area (Å²) in [5.74, 6) is -1.32. The Morgan fingerprint density at radius 1 is 0.969 bits per heavy atom. The molecule has 0 amide bonds. The molecular formula is C24H17Cl2NO5. The van der Waals surface area contributed by atoms with Crippen LogP contribution in [0, 0.1) is 13.8 Å². The largest absolute Gasteiger partial charge is 0.453 e. The highest BCUT2D eigenvalue weighted by atomic mass is 35.5. The first-order valence-electron chi connectivity index (χ1n) is 9.64. The Balaban J connectivity index is 1.55. The molecule has 0 spiro atoms. The summed E-state index contributed by atoms with van der Waals surface area (Å²) in [6.45, 7) is 3.11. The average Bonchev–Trinajstić information content (AvgIpc) is 3.07. The number of benzene rings is 2. The molecule has 4 aromatic rings. The molecule has 0 saturated heterocycles. The van der Waals surface area contributed by atoms with Gasteiger partial charge in [0.05, 0.1) is 10.0 Å². The average molecular weight is 470 g/mol. The molecule has 2 aromatic carbocycles. The van der Waals surface area contributed by atoms with Crippen molar-refractivity contribution < 1.29 is 18.7 Å². The van der Waals surface area contributed by atoms with E-state index in [1.807, 2.05) is 11.5 Å². The fourth-order valence-corrected chi connectivity index (χ4v) is 3.85. The number of esters is 1. The third-order valence-electron chi connectivity index (χ3n) is 5.09. The van der Waals surface area contributed by atoms with E-state index in [0.29, 0.717) is 32.3 Å². The van der Waals surface area contributed by atoms with Crippen molar-refractivity contribution in [2.24, 2.45) is 0 Å². The first kappa shape index (κ1) is 21.9. The van der Waals surface area contributed by atoms with Crippen molar-refractivity contribution in [3.63, 3.8) is 0 Å². The minimum absolute atomic E-state index is 0.266. The van der Waals surface area contributed by atoms with Gasteiger partial charge in [0.15, 0.2) is 6.61 Å². The maximum Gasteiger partial charge on any atom is 0.351 e. The first-order chi connectivity index (χ1) is 15.3. The van der Waals surface area contributed by atoms with Crippen LogP contribution in [0.2, 0.25) is 10.0 Å². The number of nitrogens with zero attached hydrogens (tertiary/aromatic N) is 1. The van der Waals surface area contributed by atoms with Crippen LogP contribution in [0.5, 0.6) is 0 Å². The number of ether oxygens (including phenoxy) is 1. The number of aryl methyl sites for hydroxylation is 1. The lowest BCUT2D eigenvalue weighted by Gasteiger charge is -2.11. The molecule has 2 heterocycles. The molecule has 0 atom stereocenters. The van der Waals surface area contributed by atoms with Crippen molar-refractivity contribution in [3.8, 4) is 5.69 Å². The quantitative estimate of drug-likeness (QED) is 0.217. The van der Waals surface area contributed by atoms with Crippen LogP contribution in [0.4, 0.5) is 0 Å². The standard InChI is InChI=1S/C24H17Cl2NO5/c1-13-9-17(14(2)27(13)16-7-8-19(25)20(26)11-16)21(28)12-31-23(29)18-10-15-5-3-4-6-22(15)32-24(18)30/h3-11H,12H2,1-2H3. The zero-order chi connectivity index (χ0) is 23.0. The molecule has 0 fully saturated rings. The van der Waals surface area contributed by atoms with Gasteiger partial charge in [-0.15, -0.1) is 0 Å². The molecule has 162 valence electrons. The van der Waals surface area contributed by atoms with Crippen molar-refractivity contribution in [2.75, 3.05) is 6.61 Å². The van der Waals surface area contributed by atoms with Crippen LogP contribution in [0.25, 0.3) is 16.7 Å². The van der Waals surface area contributed by atoms with Crippen LogP contribution in [0.15, 0.2) is 63.8 Å². The number of hydrogen-bond acceptors (Lipinski definition) is 5. The molecule has 0 N–H and O–H groups in total. The first-order valence-corrected chi connectivity index (χ1v) is 10.4. The maximum absolute atomic E-state index is 12.8. The maximum atomic E-state index is 12.8. The highest BCUT2D eigenvalue weighted by Gasteiger charge is 2.21. The predicted molar refractivity (Wildman–Crippen MR) is 122 cm³/mol. The van der Waals surface area contributed by atoms with Crippen LogP contribution in [-0.4, -0.2) is 22.9 Å². The molecule has 0 unspecified atom stereocenters. The van der Waals surface area contributed by atoms with E-state index in [-0.39, 0.29) is 5.56 Å².